The summed E-state index contributed by atoms with van der Waals surface area (Å²) >= 11 is 0. The van der Waals surface area contributed by atoms with Gasteiger partial charge in [-0.3, -0.25) is 0 Å². The van der Waals surface area contributed by atoms with Crippen LogP contribution < -0.4 is 4.74 Å². The van der Waals surface area contributed by atoms with E-state index in [4.69, 9.17) is 4.74 Å². The Bertz CT molecular complexity index is 318. The minimum Gasteiger partial charge on any atom is -0.497 e. The van der Waals surface area contributed by atoms with Gasteiger partial charge in [0.1, 0.15) is 11.6 Å². The fourth-order valence-corrected chi connectivity index (χ4v) is 1.64. The van der Waals surface area contributed by atoms with Crippen molar-refractivity contribution < 1.29 is 9.13 Å². The molecular weight excluding hydrogens is 179 g/mol. The smallest absolute Gasteiger partial charge is 0.130 e. The van der Waals surface area contributed by atoms with Crippen LogP contribution in [0.2, 0.25) is 0 Å². The van der Waals surface area contributed by atoms with Gasteiger partial charge in [0, 0.05) is 6.07 Å². The van der Waals surface area contributed by atoms with Crippen molar-refractivity contribution >= 4 is 0 Å². The zero-order chi connectivity index (χ0) is 10.7. The lowest BCUT2D eigenvalue weighted by Gasteiger charge is -2.14. The molecule has 0 radical (unpaired) electrons. The van der Waals surface area contributed by atoms with Gasteiger partial charge in [-0.15, -0.1) is 0 Å². The molecule has 1 nitrogen and oxygen atoms in total. The van der Waals surface area contributed by atoms with Gasteiger partial charge in [0.15, 0.2) is 0 Å². The highest BCUT2D eigenvalue weighted by molar-refractivity contribution is 5.38. The largest absolute Gasteiger partial charge is 0.497 e. The normalized spacial score (nSPS) is 10.7. The van der Waals surface area contributed by atoms with Crippen molar-refractivity contribution in [2.45, 2.75) is 33.1 Å². The molecule has 0 heterocycles. The third-order valence-electron chi connectivity index (χ3n) is 2.41. The first kappa shape index (κ1) is 11.0. The Labute approximate surface area is 84.9 Å². The summed E-state index contributed by atoms with van der Waals surface area (Å²) in [5.74, 6) is 0.772. The molecule has 0 saturated heterocycles. The van der Waals surface area contributed by atoms with Crippen molar-refractivity contribution in [3.8, 4) is 5.75 Å². The third-order valence-corrected chi connectivity index (χ3v) is 2.41. The maximum atomic E-state index is 13.6. The van der Waals surface area contributed by atoms with E-state index >= 15 is 0 Å². The molecule has 1 aromatic rings. The fourth-order valence-electron chi connectivity index (χ4n) is 1.64. The molecular formula is C12H17FO. The maximum Gasteiger partial charge on any atom is 0.130 e. The van der Waals surface area contributed by atoms with Crippen molar-refractivity contribution in [2.24, 2.45) is 0 Å². The van der Waals surface area contributed by atoms with Crippen LogP contribution in [0, 0.1) is 5.82 Å². The molecule has 0 spiro atoms. The molecule has 0 unspecified atom stereocenters. The van der Waals surface area contributed by atoms with E-state index in [0.29, 0.717) is 11.7 Å². The fraction of sp³-hybridized carbons (Fsp3) is 0.500. The lowest BCUT2D eigenvalue weighted by Crippen LogP contribution is -2.00. The lowest BCUT2D eigenvalue weighted by molar-refractivity contribution is 0.409. The van der Waals surface area contributed by atoms with Crippen LogP contribution in [0.1, 0.15) is 37.8 Å². The van der Waals surface area contributed by atoms with Gasteiger partial charge in [-0.05, 0) is 29.5 Å². The highest BCUT2D eigenvalue weighted by Crippen LogP contribution is 2.27. The Morgan fingerprint density at radius 1 is 1.36 bits per heavy atom. The van der Waals surface area contributed by atoms with E-state index < -0.39 is 0 Å². The molecule has 0 aliphatic carbocycles. The Morgan fingerprint density at radius 3 is 2.43 bits per heavy atom. The average molecular weight is 196 g/mol. The van der Waals surface area contributed by atoms with Gasteiger partial charge in [-0.25, -0.2) is 4.39 Å². The SMILES string of the molecule is CCc1c(F)cc(OC)cc1C(C)C. The second-order valence-electron chi connectivity index (χ2n) is 3.69. The molecule has 2 heteroatoms. The Hall–Kier alpha value is -1.05. The van der Waals surface area contributed by atoms with Crippen LogP contribution in [-0.2, 0) is 6.42 Å². The third kappa shape index (κ3) is 2.06. The van der Waals surface area contributed by atoms with Gasteiger partial charge < -0.3 is 4.74 Å². The highest BCUT2D eigenvalue weighted by atomic mass is 19.1. The van der Waals surface area contributed by atoms with Gasteiger partial charge in [0.05, 0.1) is 7.11 Å². The van der Waals surface area contributed by atoms with E-state index in [-0.39, 0.29) is 5.82 Å². The molecule has 0 aromatic heterocycles. The number of rotatable bonds is 3. The summed E-state index contributed by atoms with van der Waals surface area (Å²) in [6, 6.07) is 3.37. The van der Waals surface area contributed by atoms with Crippen molar-refractivity contribution in [1.29, 1.82) is 0 Å². The molecule has 0 saturated carbocycles. The zero-order valence-corrected chi connectivity index (χ0v) is 9.23. The molecule has 78 valence electrons. The zero-order valence-electron chi connectivity index (χ0n) is 9.23. The molecule has 0 aliphatic heterocycles. The molecule has 0 aliphatic rings. The number of halogens is 1. The summed E-state index contributed by atoms with van der Waals surface area (Å²) < 4.78 is 18.6. The minimum atomic E-state index is -0.157. The molecule has 0 amide bonds. The molecule has 1 aromatic carbocycles. The molecule has 0 bridgehead atoms. The summed E-state index contributed by atoms with van der Waals surface area (Å²) in [4.78, 5) is 0. The van der Waals surface area contributed by atoms with E-state index in [1.54, 1.807) is 7.11 Å². The predicted octanol–water partition coefficient (Wildman–Crippen LogP) is 3.52. The summed E-state index contributed by atoms with van der Waals surface area (Å²) in [5, 5.41) is 0. The Morgan fingerprint density at radius 2 is 2.00 bits per heavy atom. The van der Waals surface area contributed by atoms with Crippen molar-refractivity contribution in [2.75, 3.05) is 7.11 Å². The summed E-state index contributed by atoms with van der Waals surface area (Å²) in [7, 11) is 1.56. The van der Waals surface area contributed by atoms with Gasteiger partial charge >= 0.3 is 0 Å². The first-order valence-corrected chi connectivity index (χ1v) is 4.96. The monoisotopic (exact) mass is 196 g/mol. The van der Waals surface area contributed by atoms with Crippen LogP contribution in [-0.4, -0.2) is 7.11 Å². The van der Waals surface area contributed by atoms with E-state index in [1.807, 2.05) is 13.0 Å². The second-order valence-corrected chi connectivity index (χ2v) is 3.69. The first-order chi connectivity index (χ1) is 6.60. The Balaban J connectivity index is 3.28. The Kier molecular flexibility index (Phi) is 3.50. The van der Waals surface area contributed by atoms with Crippen LogP contribution in [0.4, 0.5) is 4.39 Å². The van der Waals surface area contributed by atoms with Crippen molar-refractivity contribution in [3.63, 3.8) is 0 Å². The number of benzene rings is 1. The van der Waals surface area contributed by atoms with Gasteiger partial charge in [0.25, 0.3) is 0 Å². The molecule has 0 fully saturated rings. The summed E-state index contributed by atoms with van der Waals surface area (Å²) in [6.07, 6.45) is 0.726. The maximum absolute atomic E-state index is 13.6. The van der Waals surface area contributed by atoms with E-state index in [0.717, 1.165) is 17.5 Å². The molecule has 14 heavy (non-hydrogen) atoms. The number of hydrogen-bond acceptors (Lipinski definition) is 1. The number of ether oxygens (including phenoxy) is 1. The van der Waals surface area contributed by atoms with E-state index in [9.17, 15) is 4.39 Å². The molecule has 1 rings (SSSR count). The van der Waals surface area contributed by atoms with Crippen LogP contribution in [0.15, 0.2) is 12.1 Å². The van der Waals surface area contributed by atoms with E-state index in [1.165, 1.54) is 6.07 Å². The summed E-state index contributed by atoms with van der Waals surface area (Å²) in [6.45, 7) is 6.09. The van der Waals surface area contributed by atoms with Gasteiger partial charge in [0.2, 0.25) is 0 Å². The van der Waals surface area contributed by atoms with E-state index in [2.05, 4.69) is 13.8 Å². The van der Waals surface area contributed by atoms with Crippen LogP contribution in [0.3, 0.4) is 0 Å². The lowest BCUT2D eigenvalue weighted by atomic mass is 9.95. The van der Waals surface area contributed by atoms with Crippen LogP contribution >= 0.6 is 0 Å². The topological polar surface area (TPSA) is 9.23 Å². The quantitative estimate of drug-likeness (QED) is 0.718. The summed E-state index contributed by atoms with van der Waals surface area (Å²) in [5.41, 5.74) is 1.85. The van der Waals surface area contributed by atoms with Crippen LogP contribution in [0.25, 0.3) is 0 Å². The van der Waals surface area contributed by atoms with Gasteiger partial charge in [-0.1, -0.05) is 20.8 Å². The minimum absolute atomic E-state index is 0.157. The van der Waals surface area contributed by atoms with Crippen LogP contribution in [0.5, 0.6) is 5.75 Å². The molecule has 0 atom stereocenters. The second kappa shape index (κ2) is 4.45. The number of methoxy groups -OCH3 is 1. The molecule has 0 N–H and O–H groups in total. The first-order valence-electron chi connectivity index (χ1n) is 4.96. The van der Waals surface area contributed by atoms with Gasteiger partial charge in [-0.2, -0.15) is 0 Å². The van der Waals surface area contributed by atoms with Crippen molar-refractivity contribution in [3.05, 3.63) is 29.1 Å². The average Bonchev–Trinajstić information content (AvgIpc) is 2.16. The highest BCUT2D eigenvalue weighted by Gasteiger charge is 2.12. The standard InChI is InChI=1S/C12H17FO/c1-5-10-11(8(2)3)6-9(14-4)7-12(10)13/h6-8H,5H2,1-4H3. The predicted molar refractivity (Wildman–Crippen MR) is 56.4 cm³/mol. The van der Waals surface area contributed by atoms with Crippen molar-refractivity contribution in [1.82, 2.24) is 0 Å². The number of hydrogen-bond donors (Lipinski definition) is 0.